The van der Waals surface area contributed by atoms with Crippen LogP contribution in [0.15, 0.2) is 29.8 Å². The zero-order valence-corrected chi connectivity index (χ0v) is 8.79. The van der Waals surface area contributed by atoms with Crippen LogP contribution in [-0.2, 0) is 11.2 Å². The van der Waals surface area contributed by atoms with E-state index in [0.29, 0.717) is 0 Å². The number of rotatable bonds is 4. The molecule has 0 aromatic heterocycles. The van der Waals surface area contributed by atoms with Crippen LogP contribution in [0.1, 0.15) is 31.4 Å². The Balaban J connectivity index is 2.86. The Bertz CT molecular complexity index is 320. The van der Waals surface area contributed by atoms with Gasteiger partial charge in [-0.1, -0.05) is 38.1 Å². The van der Waals surface area contributed by atoms with Gasteiger partial charge in [0.05, 0.1) is 0 Å². The summed E-state index contributed by atoms with van der Waals surface area (Å²) in [5.41, 5.74) is 3.27. The largest absolute Gasteiger partial charge is 0.298 e. The Morgan fingerprint density at radius 1 is 1.21 bits per heavy atom. The van der Waals surface area contributed by atoms with Gasteiger partial charge < -0.3 is 0 Å². The Morgan fingerprint density at radius 3 is 2.29 bits per heavy atom. The lowest BCUT2D eigenvalue weighted by Crippen LogP contribution is -1.83. The van der Waals surface area contributed by atoms with Gasteiger partial charge in [0, 0.05) is 0 Å². The predicted molar refractivity (Wildman–Crippen MR) is 60.2 cm³/mol. The molecule has 1 aromatic rings. The van der Waals surface area contributed by atoms with Gasteiger partial charge in [-0.2, -0.15) is 0 Å². The zero-order valence-electron chi connectivity index (χ0n) is 8.79. The minimum absolute atomic E-state index is 0.791. The molecule has 0 atom stereocenters. The number of aldehydes is 1. The first kappa shape index (κ1) is 10.7. The van der Waals surface area contributed by atoms with Crippen molar-refractivity contribution in [2.24, 2.45) is 0 Å². The Kier molecular flexibility index (Phi) is 4.11. The second-order valence-electron chi connectivity index (χ2n) is 3.29. The Hall–Kier alpha value is -1.37. The van der Waals surface area contributed by atoms with Gasteiger partial charge >= 0.3 is 0 Å². The maximum atomic E-state index is 10.6. The van der Waals surface area contributed by atoms with Gasteiger partial charge in [0.1, 0.15) is 6.29 Å². The van der Waals surface area contributed by atoms with Crippen LogP contribution in [0.2, 0.25) is 0 Å². The molecule has 0 aliphatic heterocycles. The first-order valence-electron chi connectivity index (χ1n) is 5.04. The second kappa shape index (κ2) is 5.38. The van der Waals surface area contributed by atoms with Crippen LogP contribution < -0.4 is 0 Å². The third-order valence-corrected chi connectivity index (χ3v) is 2.30. The first-order chi connectivity index (χ1) is 6.80. The quantitative estimate of drug-likeness (QED) is 0.523. The molecule has 0 bridgehead atoms. The molecular weight excluding hydrogens is 172 g/mol. The van der Waals surface area contributed by atoms with Crippen molar-refractivity contribution >= 4 is 12.4 Å². The van der Waals surface area contributed by atoms with Crippen LogP contribution in [-0.4, -0.2) is 6.29 Å². The standard InChI is InChI=1S/C13H16O/c1-3-11-5-7-13(8-6-11)9-12(4-2)10-14/h5-10H,3-4H2,1-2H3. The van der Waals surface area contributed by atoms with Crippen molar-refractivity contribution in [3.63, 3.8) is 0 Å². The van der Waals surface area contributed by atoms with E-state index < -0.39 is 0 Å². The fourth-order valence-corrected chi connectivity index (χ4v) is 1.28. The second-order valence-corrected chi connectivity index (χ2v) is 3.29. The molecule has 1 heteroatoms. The minimum Gasteiger partial charge on any atom is -0.298 e. The van der Waals surface area contributed by atoms with Gasteiger partial charge in [0.15, 0.2) is 0 Å². The fraction of sp³-hybridized carbons (Fsp3) is 0.308. The van der Waals surface area contributed by atoms with Crippen LogP contribution >= 0.6 is 0 Å². The number of carbonyl (C=O) groups is 1. The first-order valence-corrected chi connectivity index (χ1v) is 5.04. The molecule has 0 radical (unpaired) electrons. The highest BCUT2D eigenvalue weighted by atomic mass is 16.1. The van der Waals surface area contributed by atoms with Crippen molar-refractivity contribution in [3.05, 3.63) is 41.0 Å². The topological polar surface area (TPSA) is 17.1 Å². The van der Waals surface area contributed by atoms with Crippen molar-refractivity contribution in [2.75, 3.05) is 0 Å². The molecule has 0 saturated heterocycles. The molecular formula is C13H16O. The molecule has 14 heavy (non-hydrogen) atoms. The van der Waals surface area contributed by atoms with Gasteiger partial charge in [-0.05, 0) is 35.6 Å². The predicted octanol–water partition coefficient (Wildman–Crippen LogP) is 3.24. The number of allylic oxidation sites excluding steroid dienone is 1. The van der Waals surface area contributed by atoms with Gasteiger partial charge in [0.25, 0.3) is 0 Å². The highest BCUT2D eigenvalue weighted by Gasteiger charge is 1.93. The summed E-state index contributed by atoms with van der Waals surface area (Å²) in [4.78, 5) is 10.6. The van der Waals surface area contributed by atoms with Gasteiger partial charge in [-0.3, -0.25) is 4.79 Å². The number of carbonyl (C=O) groups excluding carboxylic acids is 1. The monoisotopic (exact) mass is 188 g/mol. The van der Waals surface area contributed by atoms with Crippen LogP contribution in [0.3, 0.4) is 0 Å². The third-order valence-electron chi connectivity index (χ3n) is 2.30. The smallest absolute Gasteiger partial charge is 0.146 e. The number of benzene rings is 1. The fourth-order valence-electron chi connectivity index (χ4n) is 1.28. The van der Waals surface area contributed by atoms with E-state index in [2.05, 4.69) is 31.2 Å². The Labute approximate surface area is 85.5 Å². The highest BCUT2D eigenvalue weighted by molar-refractivity contribution is 5.81. The maximum absolute atomic E-state index is 10.6. The lowest BCUT2D eigenvalue weighted by Gasteiger charge is -1.98. The van der Waals surface area contributed by atoms with E-state index in [-0.39, 0.29) is 0 Å². The molecule has 1 aromatic carbocycles. The summed E-state index contributed by atoms with van der Waals surface area (Å²) < 4.78 is 0. The van der Waals surface area contributed by atoms with Crippen LogP contribution in [0.5, 0.6) is 0 Å². The van der Waals surface area contributed by atoms with Crippen molar-refractivity contribution < 1.29 is 4.79 Å². The molecule has 0 aliphatic carbocycles. The highest BCUT2D eigenvalue weighted by Crippen LogP contribution is 2.10. The van der Waals surface area contributed by atoms with E-state index in [0.717, 1.165) is 30.3 Å². The van der Waals surface area contributed by atoms with Crippen molar-refractivity contribution in [3.8, 4) is 0 Å². The SMILES string of the molecule is CCC(C=O)=Cc1ccc(CC)cc1. The molecule has 0 saturated carbocycles. The average Bonchev–Trinajstić information content (AvgIpc) is 2.26. The van der Waals surface area contributed by atoms with E-state index in [1.807, 2.05) is 13.0 Å². The summed E-state index contributed by atoms with van der Waals surface area (Å²) in [6, 6.07) is 8.31. The zero-order chi connectivity index (χ0) is 10.4. The van der Waals surface area contributed by atoms with Gasteiger partial charge in [0.2, 0.25) is 0 Å². The molecule has 0 aliphatic rings. The molecule has 0 unspecified atom stereocenters. The van der Waals surface area contributed by atoms with E-state index in [1.54, 1.807) is 0 Å². The van der Waals surface area contributed by atoms with Crippen molar-refractivity contribution in [1.29, 1.82) is 0 Å². The van der Waals surface area contributed by atoms with E-state index in [9.17, 15) is 4.79 Å². The summed E-state index contributed by atoms with van der Waals surface area (Å²) in [7, 11) is 0. The van der Waals surface area contributed by atoms with Crippen molar-refractivity contribution in [2.45, 2.75) is 26.7 Å². The molecule has 0 spiro atoms. The summed E-state index contributed by atoms with van der Waals surface area (Å²) >= 11 is 0. The third kappa shape index (κ3) is 2.84. The van der Waals surface area contributed by atoms with E-state index in [1.165, 1.54) is 5.56 Å². The van der Waals surface area contributed by atoms with Crippen molar-refractivity contribution in [1.82, 2.24) is 0 Å². The molecule has 1 rings (SSSR count). The summed E-state index contributed by atoms with van der Waals surface area (Å²) in [6.07, 6.45) is 4.71. The Morgan fingerprint density at radius 2 is 1.86 bits per heavy atom. The lowest BCUT2D eigenvalue weighted by molar-refractivity contribution is -0.104. The molecule has 74 valence electrons. The molecule has 0 fully saturated rings. The minimum atomic E-state index is 0.791. The van der Waals surface area contributed by atoms with E-state index in [4.69, 9.17) is 0 Å². The van der Waals surface area contributed by atoms with E-state index >= 15 is 0 Å². The summed E-state index contributed by atoms with van der Waals surface area (Å²) in [6.45, 7) is 4.12. The van der Waals surface area contributed by atoms with Crippen LogP contribution in [0.4, 0.5) is 0 Å². The number of hydrogen-bond acceptors (Lipinski definition) is 1. The van der Waals surface area contributed by atoms with Crippen LogP contribution in [0, 0.1) is 0 Å². The van der Waals surface area contributed by atoms with Crippen LogP contribution in [0.25, 0.3) is 6.08 Å². The maximum Gasteiger partial charge on any atom is 0.146 e. The molecule has 0 heterocycles. The van der Waals surface area contributed by atoms with Gasteiger partial charge in [-0.15, -0.1) is 0 Å². The van der Waals surface area contributed by atoms with Gasteiger partial charge in [-0.25, -0.2) is 0 Å². The summed E-state index contributed by atoms with van der Waals surface area (Å²) in [5.74, 6) is 0. The average molecular weight is 188 g/mol. The number of hydrogen-bond donors (Lipinski definition) is 0. The molecule has 1 nitrogen and oxygen atoms in total. The molecule has 0 N–H and O–H groups in total. The normalized spacial score (nSPS) is 11.4. The molecule has 0 amide bonds. The lowest BCUT2D eigenvalue weighted by atomic mass is 10.1. The number of aryl methyl sites for hydroxylation is 1. The summed E-state index contributed by atoms with van der Waals surface area (Å²) in [5, 5.41) is 0.